The van der Waals surface area contributed by atoms with Gasteiger partial charge in [0.1, 0.15) is 16.8 Å². The van der Waals surface area contributed by atoms with E-state index in [4.69, 9.17) is 4.74 Å². The summed E-state index contributed by atoms with van der Waals surface area (Å²) >= 11 is 1.52. The molecule has 2 heterocycles. The van der Waals surface area contributed by atoms with Crippen molar-refractivity contribution in [2.75, 3.05) is 19.7 Å². The molecule has 1 aromatic carbocycles. The summed E-state index contributed by atoms with van der Waals surface area (Å²) in [5.74, 6) is 0.783. The third-order valence-electron chi connectivity index (χ3n) is 4.50. The van der Waals surface area contributed by atoms with Gasteiger partial charge in [0, 0.05) is 24.0 Å². The first-order valence-electron chi connectivity index (χ1n) is 9.24. The van der Waals surface area contributed by atoms with Crippen molar-refractivity contribution >= 4 is 23.2 Å². The van der Waals surface area contributed by atoms with E-state index >= 15 is 0 Å². The molecule has 1 fully saturated rings. The average Bonchev–Trinajstić information content (AvgIpc) is 3.10. The highest BCUT2D eigenvalue weighted by Gasteiger charge is 2.35. The van der Waals surface area contributed by atoms with Crippen molar-refractivity contribution in [3.05, 3.63) is 35.3 Å². The molecule has 144 valence electrons. The van der Waals surface area contributed by atoms with E-state index in [1.165, 1.54) is 11.3 Å². The summed E-state index contributed by atoms with van der Waals surface area (Å²) in [5, 5.41) is 5.63. The molecule has 0 aliphatic carbocycles. The first kappa shape index (κ1) is 19.4. The molecule has 1 atom stereocenters. The van der Waals surface area contributed by atoms with Gasteiger partial charge in [-0.1, -0.05) is 13.8 Å². The fourth-order valence-electron chi connectivity index (χ4n) is 3.26. The predicted molar refractivity (Wildman–Crippen MR) is 106 cm³/mol. The van der Waals surface area contributed by atoms with Crippen molar-refractivity contribution in [1.29, 1.82) is 0 Å². The number of nitrogens with zero attached hydrogens (tertiary/aromatic N) is 2. The van der Waals surface area contributed by atoms with Crippen LogP contribution in [0.2, 0.25) is 0 Å². The molecular formula is C20H25N3O3S. The van der Waals surface area contributed by atoms with Crippen LogP contribution in [0.5, 0.6) is 5.75 Å². The Morgan fingerprint density at radius 1 is 1.37 bits per heavy atom. The Balaban J connectivity index is 1.69. The average molecular weight is 388 g/mol. The molecule has 1 aliphatic heterocycles. The second kappa shape index (κ2) is 8.52. The highest BCUT2D eigenvalue weighted by molar-refractivity contribution is 7.13. The van der Waals surface area contributed by atoms with E-state index in [9.17, 15) is 9.59 Å². The topological polar surface area (TPSA) is 71.5 Å². The van der Waals surface area contributed by atoms with Crippen LogP contribution in [0.4, 0.5) is 0 Å². The molecule has 0 bridgehead atoms. The van der Waals surface area contributed by atoms with Gasteiger partial charge in [-0.25, -0.2) is 4.98 Å². The molecule has 0 saturated carbocycles. The van der Waals surface area contributed by atoms with Crippen molar-refractivity contribution in [2.24, 2.45) is 5.92 Å². The number of thiazole rings is 1. The van der Waals surface area contributed by atoms with E-state index in [0.717, 1.165) is 22.0 Å². The van der Waals surface area contributed by atoms with Crippen molar-refractivity contribution in [1.82, 2.24) is 15.2 Å². The van der Waals surface area contributed by atoms with Gasteiger partial charge in [-0.15, -0.1) is 11.3 Å². The van der Waals surface area contributed by atoms with Gasteiger partial charge < -0.3 is 15.0 Å². The maximum absolute atomic E-state index is 12.8. The van der Waals surface area contributed by atoms with E-state index in [1.54, 1.807) is 4.90 Å². The van der Waals surface area contributed by atoms with Gasteiger partial charge >= 0.3 is 0 Å². The molecule has 3 rings (SSSR count). The van der Waals surface area contributed by atoms with Crippen LogP contribution in [0, 0.1) is 5.92 Å². The van der Waals surface area contributed by atoms with Crippen LogP contribution in [0.1, 0.15) is 26.5 Å². The molecule has 1 aromatic heterocycles. The molecule has 0 radical (unpaired) electrons. The van der Waals surface area contributed by atoms with Crippen LogP contribution < -0.4 is 10.1 Å². The number of amides is 2. The number of aromatic nitrogens is 1. The number of hydrogen-bond acceptors (Lipinski definition) is 5. The zero-order chi connectivity index (χ0) is 19.4. The lowest BCUT2D eigenvalue weighted by Gasteiger charge is -2.37. The van der Waals surface area contributed by atoms with Gasteiger partial charge in [0.25, 0.3) is 0 Å². The molecule has 1 aliphatic rings. The normalized spacial score (nSPS) is 17.1. The number of hydrogen-bond donors (Lipinski definition) is 1. The lowest BCUT2D eigenvalue weighted by molar-refractivity contribution is -0.144. The first-order valence-corrected chi connectivity index (χ1v) is 10.1. The molecule has 2 amide bonds. The summed E-state index contributed by atoms with van der Waals surface area (Å²) in [6.07, 6.45) is 0.212. The van der Waals surface area contributed by atoms with Gasteiger partial charge in [0.2, 0.25) is 11.8 Å². The molecule has 1 N–H and O–H groups in total. The SMILES string of the molecule is CCOc1ccc(-c2nc(CC(=O)N3CCNC(=O)C3C(C)C)cs2)cc1. The largest absolute Gasteiger partial charge is 0.494 e. The number of nitrogens with one attached hydrogen (secondary N) is 1. The van der Waals surface area contributed by atoms with E-state index in [2.05, 4.69) is 10.3 Å². The minimum atomic E-state index is -0.407. The highest BCUT2D eigenvalue weighted by Crippen LogP contribution is 2.26. The lowest BCUT2D eigenvalue weighted by Crippen LogP contribution is -2.59. The molecule has 2 aromatic rings. The van der Waals surface area contributed by atoms with Gasteiger partial charge in [-0.2, -0.15) is 0 Å². The number of piperazine rings is 1. The molecular weight excluding hydrogens is 362 g/mol. The first-order chi connectivity index (χ1) is 13.0. The highest BCUT2D eigenvalue weighted by atomic mass is 32.1. The second-order valence-corrected chi connectivity index (χ2v) is 7.70. The van der Waals surface area contributed by atoms with Crippen LogP contribution in [0.15, 0.2) is 29.6 Å². The molecule has 27 heavy (non-hydrogen) atoms. The van der Waals surface area contributed by atoms with Crippen LogP contribution >= 0.6 is 11.3 Å². The van der Waals surface area contributed by atoms with E-state index in [0.29, 0.717) is 19.7 Å². The lowest BCUT2D eigenvalue weighted by atomic mass is 9.99. The third kappa shape index (κ3) is 4.47. The van der Waals surface area contributed by atoms with Crippen molar-refractivity contribution in [3.8, 4) is 16.3 Å². The Kier molecular flexibility index (Phi) is 6.11. The minimum absolute atomic E-state index is 0.0490. The molecule has 0 spiro atoms. The van der Waals surface area contributed by atoms with Gasteiger partial charge in [0.05, 0.1) is 18.7 Å². The standard InChI is InChI=1S/C20H25N3O3S/c1-4-26-16-7-5-14(6-8-16)20-22-15(12-27-20)11-17(24)23-10-9-21-19(25)18(23)13(2)3/h5-8,12-13,18H,4,9-11H2,1-3H3,(H,21,25). The molecule has 7 heteroatoms. The zero-order valence-corrected chi connectivity index (χ0v) is 16.7. The van der Waals surface area contributed by atoms with Gasteiger partial charge in [0.15, 0.2) is 0 Å². The summed E-state index contributed by atoms with van der Waals surface area (Å²) in [5.41, 5.74) is 1.74. The Bertz CT molecular complexity index is 801. The fraction of sp³-hybridized carbons (Fsp3) is 0.450. The number of benzene rings is 1. The van der Waals surface area contributed by atoms with Gasteiger partial charge in [-0.3, -0.25) is 9.59 Å². The fourth-order valence-corrected chi connectivity index (χ4v) is 4.09. The van der Waals surface area contributed by atoms with Crippen molar-refractivity contribution in [3.63, 3.8) is 0 Å². The predicted octanol–water partition coefficient (Wildman–Crippen LogP) is 2.73. The van der Waals surface area contributed by atoms with E-state index in [1.807, 2.05) is 50.4 Å². The molecule has 1 saturated heterocycles. The van der Waals surface area contributed by atoms with Crippen LogP contribution in [-0.4, -0.2) is 47.4 Å². The molecule has 6 nitrogen and oxygen atoms in total. The summed E-state index contributed by atoms with van der Waals surface area (Å²) in [4.78, 5) is 31.2. The summed E-state index contributed by atoms with van der Waals surface area (Å²) in [7, 11) is 0. The Hall–Kier alpha value is -2.41. The molecule has 1 unspecified atom stereocenters. The van der Waals surface area contributed by atoms with Crippen LogP contribution in [0.3, 0.4) is 0 Å². The number of rotatable bonds is 6. The smallest absolute Gasteiger partial charge is 0.243 e. The van der Waals surface area contributed by atoms with Gasteiger partial charge in [-0.05, 0) is 37.1 Å². The Morgan fingerprint density at radius 2 is 2.11 bits per heavy atom. The van der Waals surface area contributed by atoms with Crippen LogP contribution in [0.25, 0.3) is 10.6 Å². The number of ether oxygens (including phenoxy) is 1. The Morgan fingerprint density at radius 3 is 2.78 bits per heavy atom. The quantitative estimate of drug-likeness (QED) is 0.827. The second-order valence-electron chi connectivity index (χ2n) is 6.85. The zero-order valence-electron chi connectivity index (χ0n) is 15.9. The Labute approximate surface area is 163 Å². The number of carbonyl (C=O) groups is 2. The summed E-state index contributed by atoms with van der Waals surface area (Å²) in [6.45, 7) is 7.56. The van der Waals surface area contributed by atoms with Crippen molar-refractivity contribution in [2.45, 2.75) is 33.2 Å². The maximum atomic E-state index is 12.8. The number of carbonyl (C=O) groups excluding carboxylic acids is 2. The van der Waals surface area contributed by atoms with E-state index in [-0.39, 0.29) is 24.2 Å². The third-order valence-corrected chi connectivity index (χ3v) is 5.44. The van der Waals surface area contributed by atoms with Crippen LogP contribution in [-0.2, 0) is 16.0 Å². The minimum Gasteiger partial charge on any atom is -0.494 e. The summed E-state index contributed by atoms with van der Waals surface area (Å²) < 4.78 is 5.46. The van der Waals surface area contributed by atoms with E-state index < -0.39 is 6.04 Å². The van der Waals surface area contributed by atoms with Crippen molar-refractivity contribution < 1.29 is 14.3 Å². The monoisotopic (exact) mass is 387 g/mol. The maximum Gasteiger partial charge on any atom is 0.243 e. The summed E-state index contributed by atoms with van der Waals surface area (Å²) in [6, 6.07) is 7.38.